The fourth-order valence-electron chi connectivity index (χ4n) is 6.34. The summed E-state index contributed by atoms with van der Waals surface area (Å²) in [6.07, 6.45) is 1.84. The Morgan fingerprint density at radius 1 is 0.698 bits per heavy atom. The van der Waals surface area contributed by atoms with E-state index in [1.807, 2.05) is 12.1 Å². The zero-order valence-electron chi connectivity index (χ0n) is 26.0. The average Bonchev–Trinajstić information content (AvgIpc) is 3.03. The van der Waals surface area contributed by atoms with Gasteiger partial charge < -0.3 is 19.3 Å². The SMILES string of the molecule is CC[C@H]1O[C@@H](c2cc(Cc3ccc(CCO)cc3)c(C)cc2C)[C@H](OCc2ccccc2)[C@@H](OCc2ccccc2)[C@@H]1C. The Balaban J connectivity index is 1.48. The molecule has 1 fully saturated rings. The highest BCUT2D eigenvalue weighted by molar-refractivity contribution is 5.42. The molecule has 5 rings (SSSR count). The zero-order chi connectivity index (χ0) is 30.2. The van der Waals surface area contributed by atoms with Crippen molar-refractivity contribution in [1.82, 2.24) is 0 Å². The van der Waals surface area contributed by atoms with Crippen LogP contribution in [-0.4, -0.2) is 30.0 Å². The lowest BCUT2D eigenvalue weighted by atomic mass is 9.82. The lowest BCUT2D eigenvalue weighted by Crippen LogP contribution is -2.52. The third-order valence-electron chi connectivity index (χ3n) is 8.87. The van der Waals surface area contributed by atoms with E-state index < -0.39 is 0 Å². The molecule has 0 spiro atoms. The second-order valence-corrected chi connectivity index (χ2v) is 12.0. The van der Waals surface area contributed by atoms with E-state index in [0.29, 0.717) is 19.6 Å². The van der Waals surface area contributed by atoms with Crippen LogP contribution < -0.4 is 0 Å². The summed E-state index contributed by atoms with van der Waals surface area (Å²) < 4.78 is 20.5. The molecule has 0 aromatic heterocycles. The molecule has 4 heteroatoms. The molecular weight excluding hydrogens is 532 g/mol. The Morgan fingerprint density at radius 3 is 1.86 bits per heavy atom. The monoisotopic (exact) mass is 578 g/mol. The van der Waals surface area contributed by atoms with Crippen molar-refractivity contribution in [3.63, 3.8) is 0 Å². The van der Waals surface area contributed by atoms with Gasteiger partial charge in [-0.15, -0.1) is 0 Å². The van der Waals surface area contributed by atoms with Gasteiger partial charge in [0.2, 0.25) is 0 Å². The van der Waals surface area contributed by atoms with Crippen LogP contribution in [0.1, 0.15) is 70.9 Å². The van der Waals surface area contributed by atoms with Crippen molar-refractivity contribution in [3.05, 3.63) is 142 Å². The summed E-state index contributed by atoms with van der Waals surface area (Å²) in [6, 6.07) is 34.0. The maximum atomic E-state index is 9.30. The zero-order valence-corrected chi connectivity index (χ0v) is 26.0. The Bertz CT molecular complexity index is 1420. The molecule has 4 aromatic rings. The number of hydrogen-bond acceptors (Lipinski definition) is 4. The van der Waals surface area contributed by atoms with Crippen molar-refractivity contribution in [3.8, 4) is 0 Å². The molecule has 226 valence electrons. The molecule has 0 unspecified atom stereocenters. The molecule has 0 amide bonds. The minimum atomic E-state index is -0.270. The third kappa shape index (κ3) is 7.82. The van der Waals surface area contributed by atoms with Crippen LogP contribution in [0, 0.1) is 19.8 Å². The fraction of sp³-hybridized carbons (Fsp3) is 0.385. The number of ether oxygens (including phenoxy) is 3. The Morgan fingerprint density at radius 2 is 1.28 bits per heavy atom. The molecule has 1 heterocycles. The second-order valence-electron chi connectivity index (χ2n) is 12.0. The molecule has 43 heavy (non-hydrogen) atoms. The summed E-state index contributed by atoms with van der Waals surface area (Å²) in [5.74, 6) is 0.174. The van der Waals surface area contributed by atoms with Crippen LogP contribution in [0.25, 0.3) is 0 Å². The molecule has 4 aromatic carbocycles. The normalized spacial score (nSPS) is 22.0. The predicted octanol–water partition coefficient (Wildman–Crippen LogP) is 8.09. The van der Waals surface area contributed by atoms with Crippen molar-refractivity contribution in [2.24, 2.45) is 5.92 Å². The minimum Gasteiger partial charge on any atom is -0.396 e. The van der Waals surface area contributed by atoms with Gasteiger partial charge in [-0.25, -0.2) is 0 Å². The van der Waals surface area contributed by atoms with Crippen LogP contribution in [0.3, 0.4) is 0 Å². The first-order chi connectivity index (χ1) is 21.0. The van der Waals surface area contributed by atoms with E-state index in [9.17, 15) is 5.11 Å². The van der Waals surface area contributed by atoms with Gasteiger partial charge in [0.25, 0.3) is 0 Å². The van der Waals surface area contributed by atoms with Gasteiger partial charge in [0.15, 0.2) is 0 Å². The summed E-state index contributed by atoms with van der Waals surface area (Å²) in [4.78, 5) is 0. The summed E-state index contributed by atoms with van der Waals surface area (Å²) in [5.41, 5.74) is 9.65. The molecule has 4 nitrogen and oxygen atoms in total. The first-order valence-electron chi connectivity index (χ1n) is 15.7. The van der Waals surface area contributed by atoms with Crippen molar-refractivity contribution >= 4 is 0 Å². The molecule has 1 saturated heterocycles. The summed E-state index contributed by atoms with van der Waals surface area (Å²) in [7, 11) is 0. The van der Waals surface area contributed by atoms with Crippen molar-refractivity contribution in [1.29, 1.82) is 0 Å². The number of benzene rings is 4. The molecule has 5 atom stereocenters. The van der Waals surface area contributed by atoms with Crippen LogP contribution in [0.2, 0.25) is 0 Å². The average molecular weight is 579 g/mol. The van der Waals surface area contributed by atoms with Crippen molar-refractivity contribution in [2.45, 2.75) is 84.6 Å². The van der Waals surface area contributed by atoms with Gasteiger partial charge in [0, 0.05) is 12.5 Å². The quantitative estimate of drug-likeness (QED) is 0.185. The molecule has 1 aliphatic rings. The third-order valence-corrected chi connectivity index (χ3v) is 8.87. The smallest absolute Gasteiger partial charge is 0.115 e. The predicted molar refractivity (Wildman–Crippen MR) is 173 cm³/mol. The van der Waals surface area contributed by atoms with Gasteiger partial charge in [-0.1, -0.05) is 111 Å². The first-order valence-corrected chi connectivity index (χ1v) is 15.7. The Labute approximate surface area is 257 Å². The van der Waals surface area contributed by atoms with E-state index >= 15 is 0 Å². The number of rotatable bonds is 12. The van der Waals surface area contributed by atoms with Gasteiger partial charge >= 0.3 is 0 Å². The molecule has 1 aliphatic heterocycles. The fourth-order valence-corrected chi connectivity index (χ4v) is 6.34. The van der Waals surface area contributed by atoms with E-state index in [-0.39, 0.29) is 36.9 Å². The number of hydrogen-bond donors (Lipinski definition) is 1. The van der Waals surface area contributed by atoms with Crippen LogP contribution in [-0.2, 0) is 40.3 Å². The second kappa shape index (κ2) is 14.9. The summed E-state index contributed by atoms with van der Waals surface area (Å²) in [6.45, 7) is 10.0. The Kier molecular flexibility index (Phi) is 10.8. The summed E-state index contributed by atoms with van der Waals surface area (Å²) in [5, 5.41) is 9.30. The molecule has 0 aliphatic carbocycles. The largest absolute Gasteiger partial charge is 0.396 e. The molecule has 0 radical (unpaired) electrons. The van der Waals surface area contributed by atoms with Crippen LogP contribution in [0.15, 0.2) is 97.1 Å². The number of aryl methyl sites for hydroxylation is 2. The van der Waals surface area contributed by atoms with Crippen LogP contribution in [0.5, 0.6) is 0 Å². The molecule has 0 saturated carbocycles. The van der Waals surface area contributed by atoms with Gasteiger partial charge in [-0.2, -0.15) is 0 Å². The van der Waals surface area contributed by atoms with Gasteiger partial charge in [-0.05, 0) is 77.6 Å². The van der Waals surface area contributed by atoms with E-state index in [0.717, 1.165) is 29.5 Å². The molecular formula is C39H46O4. The summed E-state index contributed by atoms with van der Waals surface area (Å²) >= 11 is 0. The van der Waals surface area contributed by atoms with Gasteiger partial charge in [0.1, 0.15) is 12.2 Å². The maximum Gasteiger partial charge on any atom is 0.115 e. The minimum absolute atomic E-state index is 0.0607. The van der Waals surface area contributed by atoms with Crippen molar-refractivity contribution < 1.29 is 19.3 Å². The van der Waals surface area contributed by atoms with Crippen molar-refractivity contribution in [2.75, 3.05) is 6.61 Å². The highest BCUT2D eigenvalue weighted by atomic mass is 16.6. The number of aliphatic hydroxyl groups excluding tert-OH is 1. The highest BCUT2D eigenvalue weighted by Crippen LogP contribution is 2.42. The first kappa shape index (κ1) is 31.2. The van der Waals surface area contributed by atoms with Gasteiger partial charge in [-0.3, -0.25) is 0 Å². The highest BCUT2D eigenvalue weighted by Gasteiger charge is 2.45. The lowest BCUT2D eigenvalue weighted by Gasteiger charge is -2.46. The Hall–Kier alpha value is -3.28. The van der Waals surface area contributed by atoms with E-state index in [4.69, 9.17) is 14.2 Å². The topological polar surface area (TPSA) is 47.9 Å². The van der Waals surface area contributed by atoms with Gasteiger partial charge in [0.05, 0.1) is 25.4 Å². The van der Waals surface area contributed by atoms with E-state index in [1.54, 1.807) is 0 Å². The van der Waals surface area contributed by atoms with E-state index in [1.165, 1.54) is 27.8 Å². The number of aliphatic hydroxyl groups is 1. The lowest BCUT2D eigenvalue weighted by molar-refractivity contribution is -0.235. The standard InChI is InChI=1S/C39H46O4/c1-5-36-29(4)37(41-25-32-12-8-6-9-13-32)39(42-26-33-14-10-7-11-15-33)38(43-36)35-24-34(27(2)22-28(35)3)23-31-18-16-30(17-19-31)20-21-40/h6-19,22,24,29,36-40H,5,20-21,23,25-26H2,1-4H3/t29-,36-,37+,38+,39-/m1/s1. The van der Waals surface area contributed by atoms with Crippen LogP contribution >= 0.6 is 0 Å². The van der Waals surface area contributed by atoms with E-state index in [2.05, 4.69) is 113 Å². The maximum absolute atomic E-state index is 9.30. The van der Waals surface area contributed by atoms with Crippen LogP contribution in [0.4, 0.5) is 0 Å². The molecule has 0 bridgehead atoms. The molecule has 1 N–H and O–H groups in total.